The normalized spacial score (nSPS) is 16.5. The Labute approximate surface area is 193 Å². The predicted octanol–water partition coefficient (Wildman–Crippen LogP) is 4.08. The second kappa shape index (κ2) is 9.35. The molecule has 1 atom stereocenters. The molecular weight excluding hydrogens is 419 g/mol. The van der Waals surface area contributed by atoms with E-state index in [-0.39, 0.29) is 17.8 Å². The summed E-state index contributed by atoms with van der Waals surface area (Å²) in [5, 5.41) is 7.70. The van der Waals surface area contributed by atoms with E-state index in [1.54, 1.807) is 30.0 Å². The molecule has 1 aliphatic carbocycles. The van der Waals surface area contributed by atoms with E-state index >= 15 is 0 Å². The lowest BCUT2D eigenvalue weighted by Gasteiger charge is -2.28. The van der Waals surface area contributed by atoms with Crippen molar-refractivity contribution >= 4 is 5.91 Å². The molecule has 0 radical (unpaired) electrons. The lowest BCUT2D eigenvalue weighted by Crippen LogP contribution is -2.37. The number of ether oxygens (including phenoxy) is 1. The van der Waals surface area contributed by atoms with Crippen LogP contribution in [0, 0.1) is 5.82 Å². The van der Waals surface area contributed by atoms with E-state index in [1.165, 1.54) is 6.07 Å². The van der Waals surface area contributed by atoms with Crippen molar-refractivity contribution in [2.75, 3.05) is 26.7 Å². The number of nitrogens with zero attached hydrogens (tertiary/aromatic N) is 3. The molecule has 2 heterocycles. The molecule has 1 unspecified atom stereocenters. The third-order valence-electron chi connectivity index (χ3n) is 6.74. The molecule has 2 aromatic carbocycles. The standard InChI is InChI=1S/C26H29FN4O2/c1-33-19-9-6-8-18(16-19)24(30-14-4-5-15-30)17-28-26(32)25-20-10-7-13-22(20)31(29-25)23-12-3-2-11-21(23)27/h2-3,6,8-9,11-12,16,24H,4-5,7,10,13-15,17H2,1H3,(H,28,32). The van der Waals surface area contributed by atoms with Crippen molar-refractivity contribution in [3.8, 4) is 11.4 Å². The summed E-state index contributed by atoms with van der Waals surface area (Å²) in [6.07, 6.45) is 4.86. The SMILES string of the molecule is COc1cccc(C(CNC(=O)c2nn(-c3ccccc3F)c3c2CCC3)N2CCCC2)c1. The van der Waals surface area contributed by atoms with Crippen molar-refractivity contribution in [2.24, 2.45) is 0 Å². The van der Waals surface area contributed by atoms with Crippen LogP contribution in [0.1, 0.15) is 52.6 Å². The number of carbonyl (C=O) groups excluding carboxylic acids is 1. The van der Waals surface area contributed by atoms with Crippen LogP contribution in [0.3, 0.4) is 0 Å². The number of hydrogen-bond acceptors (Lipinski definition) is 4. The molecule has 5 rings (SSSR count). The Morgan fingerprint density at radius 1 is 1.12 bits per heavy atom. The summed E-state index contributed by atoms with van der Waals surface area (Å²) in [6, 6.07) is 14.7. The summed E-state index contributed by atoms with van der Waals surface area (Å²) in [5.74, 6) is 0.272. The Morgan fingerprint density at radius 2 is 1.94 bits per heavy atom. The zero-order valence-corrected chi connectivity index (χ0v) is 18.9. The minimum Gasteiger partial charge on any atom is -0.497 e. The number of halogens is 1. The van der Waals surface area contributed by atoms with Crippen LogP contribution in [0.15, 0.2) is 48.5 Å². The number of nitrogens with one attached hydrogen (secondary N) is 1. The van der Waals surface area contributed by atoms with Gasteiger partial charge in [-0.25, -0.2) is 9.07 Å². The molecule has 33 heavy (non-hydrogen) atoms. The molecule has 0 spiro atoms. The number of carbonyl (C=O) groups is 1. The van der Waals surface area contributed by atoms with Gasteiger partial charge in [0.15, 0.2) is 5.69 Å². The second-order valence-corrected chi connectivity index (χ2v) is 8.74. The average molecular weight is 449 g/mol. The van der Waals surface area contributed by atoms with E-state index in [9.17, 15) is 9.18 Å². The van der Waals surface area contributed by atoms with Crippen molar-refractivity contribution in [1.82, 2.24) is 20.0 Å². The molecule has 3 aromatic rings. The number of hydrogen-bond donors (Lipinski definition) is 1. The van der Waals surface area contributed by atoms with Crippen molar-refractivity contribution in [1.29, 1.82) is 0 Å². The largest absolute Gasteiger partial charge is 0.497 e. The first-order valence-electron chi connectivity index (χ1n) is 11.7. The van der Waals surface area contributed by atoms with E-state index in [0.29, 0.717) is 17.9 Å². The Hall–Kier alpha value is -3.19. The zero-order chi connectivity index (χ0) is 22.8. The Bertz CT molecular complexity index is 1150. The molecule has 6 nitrogen and oxygen atoms in total. The van der Waals surface area contributed by atoms with Gasteiger partial charge in [-0.1, -0.05) is 24.3 Å². The van der Waals surface area contributed by atoms with Crippen LogP contribution in [0.5, 0.6) is 5.75 Å². The fourth-order valence-electron chi connectivity index (χ4n) is 5.08. The summed E-state index contributed by atoms with van der Waals surface area (Å²) in [7, 11) is 1.66. The van der Waals surface area contributed by atoms with Crippen LogP contribution in [0.25, 0.3) is 5.69 Å². The Morgan fingerprint density at radius 3 is 2.73 bits per heavy atom. The van der Waals surface area contributed by atoms with Gasteiger partial charge in [0.2, 0.25) is 0 Å². The van der Waals surface area contributed by atoms with Crippen molar-refractivity contribution < 1.29 is 13.9 Å². The van der Waals surface area contributed by atoms with Crippen molar-refractivity contribution in [2.45, 2.75) is 38.1 Å². The lowest BCUT2D eigenvalue weighted by atomic mass is 10.0. The minimum atomic E-state index is -0.339. The van der Waals surface area contributed by atoms with Crippen molar-refractivity contribution in [3.05, 3.63) is 76.9 Å². The summed E-state index contributed by atoms with van der Waals surface area (Å²) in [4.78, 5) is 15.7. The molecule has 1 saturated heterocycles. The number of fused-ring (bicyclic) bond motifs is 1. The quantitative estimate of drug-likeness (QED) is 0.592. The van der Waals surface area contributed by atoms with Crippen LogP contribution in [0.4, 0.5) is 4.39 Å². The molecule has 1 aliphatic heterocycles. The van der Waals surface area contributed by atoms with Crippen LogP contribution in [0.2, 0.25) is 0 Å². The van der Waals surface area contributed by atoms with Gasteiger partial charge in [0.25, 0.3) is 5.91 Å². The molecule has 0 bridgehead atoms. The molecule has 1 amide bonds. The minimum absolute atomic E-state index is 0.0632. The molecule has 0 saturated carbocycles. The topological polar surface area (TPSA) is 59.4 Å². The monoisotopic (exact) mass is 448 g/mol. The number of aromatic nitrogens is 2. The van der Waals surface area contributed by atoms with Gasteiger partial charge in [0, 0.05) is 17.8 Å². The van der Waals surface area contributed by atoms with Crippen LogP contribution in [-0.4, -0.2) is 47.3 Å². The second-order valence-electron chi connectivity index (χ2n) is 8.74. The van der Waals surface area contributed by atoms with Gasteiger partial charge in [0.05, 0.1) is 13.2 Å². The number of likely N-dealkylation sites (tertiary alicyclic amines) is 1. The van der Waals surface area contributed by atoms with Gasteiger partial charge < -0.3 is 10.1 Å². The summed E-state index contributed by atoms with van der Waals surface area (Å²) in [5.41, 5.74) is 3.81. The number of para-hydroxylation sites is 1. The molecule has 2 aliphatic rings. The third kappa shape index (κ3) is 4.25. The molecule has 7 heteroatoms. The van der Waals surface area contributed by atoms with E-state index < -0.39 is 0 Å². The van der Waals surface area contributed by atoms with E-state index in [4.69, 9.17) is 4.74 Å². The zero-order valence-electron chi connectivity index (χ0n) is 18.9. The van der Waals surface area contributed by atoms with Gasteiger partial charge in [-0.3, -0.25) is 9.69 Å². The number of amides is 1. The fourth-order valence-corrected chi connectivity index (χ4v) is 5.08. The number of rotatable bonds is 7. The molecule has 1 aromatic heterocycles. The maximum absolute atomic E-state index is 14.5. The van der Waals surface area contributed by atoms with Crippen LogP contribution >= 0.6 is 0 Å². The smallest absolute Gasteiger partial charge is 0.272 e. The summed E-state index contributed by atoms with van der Waals surface area (Å²) in [6.45, 7) is 2.50. The summed E-state index contributed by atoms with van der Waals surface area (Å²) < 4.78 is 21.5. The molecule has 1 fully saturated rings. The average Bonchev–Trinajstić information content (AvgIpc) is 3.58. The summed E-state index contributed by atoms with van der Waals surface area (Å²) >= 11 is 0. The van der Waals surface area contributed by atoms with Gasteiger partial charge in [-0.05, 0) is 75.0 Å². The first kappa shape index (κ1) is 21.6. The van der Waals surface area contributed by atoms with Crippen molar-refractivity contribution in [3.63, 3.8) is 0 Å². The van der Waals surface area contributed by atoms with E-state index in [1.807, 2.05) is 18.2 Å². The highest BCUT2D eigenvalue weighted by Gasteiger charge is 2.29. The highest BCUT2D eigenvalue weighted by atomic mass is 19.1. The Balaban J connectivity index is 1.40. The maximum atomic E-state index is 14.5. The predicted molar refractivity (Wildman–Crippen MR) is 124 cm³/mol. The van der Waals surface area contributed by atoms with Gasteiger partial charge in [-0.15, -0.1) is 0 Å². The maximum Gasteiger partial charge on any atom is 0.272 e. The molecule has 172 valence electrons. The molecular formula is C26H29FN4O2. The van der Waals surface area contributed by atoms with E-state index in [0.717, 1.165) is 67.8 Å². The first-order chi connectivity index (χ1) is 16.2. The van der Waals surface area contributed by atoms with E-state index in [2.05, 4.69) is 21.4 Å². The third-order valence-corrected chi connectivity index (χ3v) is 6.74. The highest BCUT2D eigenvalue weighted by Crippen LogP contribution is 2.30. The first-order valence-corrected chi connectivity index (χ1v) is 11.7. The molecule has 1 N–H and O–H groups in total. The van der Waals surface area contributed by atoms with Gasteiger partial charge in [-0.2, -0.15) is 5.10 Å². The Kier molecular flexibility index (Phi) is 6.13. The van der Waals surface area contributed by atoms with Crippen LogP contribution in [-0.2, 0) is 12.8 Å². The van der Waals surface area contributed by atoms with Crippen LogP contribution < -0.4 is 10.1 Å². The fraction of sp³-hybridized carbons (Fsp3) is 0.385. The number of benzene rings is 2. The van der Waals surface area contributed by atoms with Gasteiger partial charge in [0.1, 0.15) is 17.3 Å². The highest BCUT2D eigenvalue weighted by molar-refractivity contribution is 5.94. The lowest BCUT2D eigenvalue weighted by molar-refractivity contribution is 0.0931. The van der Waals surface area contributed by atoms with Gasteiger partial charge >= 0.3 is 0 Å². The number of methoxy groups -OCH3 is 1.